The largest absolute Gasteiger partial charge is 0.372 e. The lowest BCUT2D eigenvalue weighted by Crippen LogP contribution is -2.45. The number of morpholine rings is 1. The summed E-state index contributed by atoms with van der Waals surface area (Å²) in [4.78, 5) is 13.7. The molecule has 0 saturated carbocycles. The zero-order chi connectivity index (χ0) is 13.6. The van der Waals surface area contributed by atoms with Crippen LogP contribution in [0.15, 0.2) is 6.33 Å². The van der Waals surface area contributed by atoms with Gasteiger partial charge in [0.1, 0.15) is 17.0 Å². The molecule has 0 N–H and O–H groups in total. The van der Waals surface area contributed by atoms with Gasteiger partial charge in [-0.25, -0.2) is 9.97 Å². The van der Waals surface area contributed by atoms with E-state index in [0.29, 0.717) is 0 Å². The molecule has 3 heterocycles. The molecule has 0 aromatic carbocycles. The molecule has 2 unspecified atom stereocenters. The minimum absolute atomic E-state index is 0.244. The lowest BCUT2D eigenvalue weighted by Gasteiger charge is -2.36. The smallest absolute Gasteiger partial charge is 0.141 e. The van der Waals surface area contributed by atoms with Gasteiger partial charge in [0.25, 0.3) is 0 Å². The Kier molecular flexibility index (Phi) is 3.19. The van der Waals surface area contributed by atoms with E-state index >= 15 is 0 Å². The van der Waals surface area contributed by atoms with Crippen molar-refractivity contribution in [3.8, 4) is 0 Å². The van der Waals surface area contributed by atoms with Gasteiger partial charge in [-0.1, -0.05) is 0 Å². The molecule has 4 nitrogen and oxygen atoms in total. The molecular weight excluding hydrogens is 258 g/mol. The number of anilines is 1. The summed E-state index contributed by atoms with van der Waals surface area (Å²) in [6, 6.07) is 0. The molecule has 2 atom stereocenters. The zero-order valence-electron chi connectivity index (χ0n) is 11.8. The molecule has 0 bridgehead atoms. The quantitative estimate of drug-likeness (QED) is 0.803. The predicted octanol–water partition coefficient (Wildman–Crippen LogP) is 2.92. The van der Waals surface area contributed by atoms with Gasteiger partial charge in [-0.15, -0.1) is 11.3 Å². The summed E-state index contributed by atoms with van der Waals surface area (Å²) in [6.45, 7) is 10.3. The van der Waals surface area contributed by atoms with Crippen LogP contribution in [0.5, 0.6) is 0 Å². The maximum Gasteiger partial charge on any atom is 0.141 e. The third kappa shape index (κ3) is 2.21. The normalized spacial score (nSPS) is 24.1. The molecule has 19 heavy (non-hydrogen) atoms. The van der Waals surface area contributed by atoms with E-state index in [9.17, 15) is 0 Å². The fourth-order valence-corrected chi connectivity index (χ4v) is 3.75. The third-order valence-corrected chi connectivity index (χ3v) is 4.78. The molecule has 0 amide bonds. The van der Waals surface area contributed by atoms with Crippen molar-refractivity contribution < 1.29 is 4.74 Å². The van der Waals surface area contributed by atoms with Gasteiger partial charge in [0.2, 0.25) is 0 Å². The molecular formula is C14H19N3OS. The Hall–Kier alpha value is -1.20. The van der Waals surface area contributed by atoms with E-state index in [1.165, 1.54) is 15.8 Å². The summed E-state index contributed by atoms with van der Waals surface area (Å²) in [5, 5.41) is 1.21. The van der Waals surface area contributed by atoms with Crippen LogP contribution >= 0.6 is 11.3 Å². The van der Waals surface area contributed by atoms with E-state index in [1.807, 2.05) is 0 Å². The van der Waals surface area contributed by atoms with Crippen LogP contribution < -0.4 is 4.90 Å². The maximum absolute atomic E-state index is 5.80. The number of thiophene rings is 1. The Balaban J connectivity index is 2.09. The highest BCUT2D eigenvalue weighted by Crippen LogP contribution is 2.35. The van der Waals surface area contributed by atoms with Gasteiger partial charge < -0.3 is 9.64 Å². The Morgan fingerprint density at radius 1 is 1.21 bits per heavy atom. The van der Waals surface area contributed by atoms with E-state index in [2.05, 4.69) is 42.6 Å². The summed E-state index contributed by atoms with van der Waals surface area (Å²) in [6.07, 6.45) is 2.17. The van der Waals surface area contributed by atoms with Gasteiger partial charge in [0.15, 0.2) is 0 Å². The summed E-state index contributed by atoms with van der Waals surface area (Å²) >= 11 is 1.75. The van der Waals surface area contributed by atoms with Crippen LogP contribution in [-0.4, -0.2) is 35.3 Å². The summed E-state index contributed by atoms with van der Waals surface area (Å²) in [5.74, 6) is 1.06. The maximum atomic E-state index is 5.80. The first-order valence-corrected chi connectivity index (χ1v) is 7.49. The van der Waals surface area contributed by atoms with Crippen LogP contribution in [0.2, 0.25) is 0 Å². The molecule has 1 saturated heterocycles. The van der Waals surface area contributed by atoms with Crippen LogP contribution in [0.4, 0.5) is 5.82 Å². The van der Waals surface area contributed by atoms with Crippen molar-refractivity contribution in [2.24, 2.45) is 0 Å². The molecule has 5 heteroatoms. The first-order chi connectivity index (χ1) is 9.06. The fraction of sp³-hybridized carbons (Fsp3) is 0.571. The van der Waals surface area contributed by atoms with E-state index in [4.69, 9.17) is 4.74 Å². The fourth-order valence-electron chi connectivity index (χ4n) is 2.75. The SMILES string of the molecule is Cc1sc2ncnc(N3CC(C)OC(C)C3)c2c1C. The van der Waals surface area contributed by atoms with Crippen LogP contribution in [-0.2, 0) is 4.74 Å². The standard InChI is InChI=1S/C14H19N3OS/c1-8-5-17(6-9(2)18-8)13-12-10(3)11(4)19-14(12)16-7-15-13/h7-9H,5-6H2,1-4H3. The molecule has 0 radical (unpaired) electrons. The number of hydrogen-bond donors (Lipinski definition) is 0. The van der Waals surface area contributed by atoms with Crippen molar-refractivity contribution in [1.82, 2.24) is 9.97 Å². The summed E-state index contributed by atoms with van der Waals surface area (Å²) in [7, 11) is 0. The van der Waals surface area contributed by atoms with Gasteiger partial charge in [-0.05, 0) is 33.3 Å². The third-order valence-electron chi connectivity index (χ3n) is 3.66. The van der Waals surface area contributed by atoms with E-state index < -0.39 is 0 Å². The average Bonchev–Trinajstić information content (AvgIpc) is 2.64. The molecule has 1 fully saturated rings. The Morgan fingerprint density at radius 2 is 1.89 bits per heavy atom. The number of aryl methyl sites for hydroxylation is 2. The van der Waals surface area contributed by atoms with Crippen molar-refractivity contribution in [2.45, 2.75) is 39.9 Å². The van der Waals surface area contributed by atoms with Crippen molar-refractivity contribution in [3.05, 3.63) is 16.8 Å². The average molecular weight is 277 g/mol. The molecule has 1 aliphatic heterocycles. The van der Waals surface area contributed by atoms with Gasteiger partial charge in [0, 0.05) is 18.0 Å². The Bertz CT molecular complexity index is 600. The topological polar surface area (TPSA) is 38.2 Å². The van der Waals surface area contributed by atoms with Crippen molar-refractivity contribution in [2.75, 3.05) is 18.0 Å². The predicted molar refractivity (Wildman–Crippen MR) is 79.1 cm³/mol. The zero-order valence-corrected chi connectivity index (χ0v) is 12.6. The molecule has 1 aliphatic rings. The Labute approximate surface area is 117 Å². The summed E-state index contributed by atoms with van der Waals surface area (Å²) in [5.41, 5.74) is 1.31. The number of rotatable bonds is 1. The van der Waals surface area contributed by atoms with Crippen molar-refractivity contribution in [1.29, 1.82) is 0 Å². The number of fused-ring (bicyclic) bond motifs is 1. The number of hydrogen-bond acceptors (Lipinski definition) is 5. The second kappa shape index (κ2) is 4.72. The second-order valence-corrected chi connectivity index (χ2v) is 6.53. The number of nitrogens with zero attached hydrogens (tertiary/aromatic N) is 3. The number of aromatic nitrogens is 2. The molecule has 102 valence electrons. The van der Waals surface area contributed by atoms with E-state index in [-0.39, 0.29) is 12.2 Å². The molecule has 3 rings (SSSR count). The molecule has 0 spiro atoms. The minimum Gasteiger partial charge on any atom is -0.372 e. The van der Waals surface area contributed by atoms with Crippen molar-refractivity contribution >= 4 is 27.4 Å². The number of ether oxygens (including phenoxy) is 1. The highest BCUT2D eigenvalue weighted by Gasteiger charge is 2.25. The minimum atomic E-state index is 0.244. The van der Waals surface area contributed by atoms with Crippen LogP contribution in [0.25, 0.3) is 10.2 Å². The lowest BCUT2D eigenvalue weighted by atomic mass is 10.1. The van der Waals surface area contributed by atoms with Crippen molar-refractivity contribution in [3.63, 3.8) is 0 Å². The van der Waals surface area contributed by atoms with Gasteiger partial charge >= 0.3 is 0 Å². The molecule has 0 aliphatic carbocycles. The lowest BCUT2D eigenvalue weighted by molar-refractivity contribution is -0.00537. The highest BCUT2D eigenvalue weighted by molar-refractivity contribution is 7.18. The van der Waals surface area contributed by atoms with Crippen LogP contribution in [0, 0.1) is 13.8 Å². The van der Waals surface area contributed by atoms with E-state index in [0.717, 1.165) is 23.7 Å². The molecule has 2 aromatic heterocycles. The van der Waals surface area contributed by atoms with Gasteiger partial charge in [-0.3, -0.25) is 0 Å². The summed E-state index contributed by atoms with van der Waals surface area (Å²) < 4.78 is 5.80. The van der Waals surface area contributed by atoms with E-state index in [1.54, 1.807) is 17.7 Å². The van der Waals surface area contributed by atoms with Crippen LogP contribution in [0.3, 0.4) is 0 Å². The van der Waals surface area contributed by atoms with Crippen LogP contribution in [0.1, 0.15) is 24.3 Å². The molecule has 2 aromatic rings. The first kappa shape index (κ1) is 12.8. The first-order valence-electron chi connectivity index (χ1n) is 6.67. The van der Waals surface area contributed by atoms with Gasteiger partial charge in [0.05, 0.1) is 17.6 Å². The Morgan fingerprint density at radius 3 is 2.58 bits per heavy atom. The monoisotopic (exact) mass is 277 g/mol. The highest BCUT2D eigenvalue weighted by atomic mass is 32.1. The van der Waals surface area contributed by atoms with Gasteiger partial charge in [-0.2, -0.15) is 0 Å². The second-order valence-electron chi connectivity index (χ2n) is 5.32.